The van der Waals surface area contributed by atoms with Gasteiger partial charge < -0.3 is 5.11 Å². The van der Waals surface area contributed by atoms with Crippen molar-refractivity contribution < 1.29 is 9.90 Å². The van der Waals surface area contributed by atoms with Crippen molar-refractivity contribution in [2.45, 2.75) is 33.3 Å². The Morgan fingerprint density at radius 1 is 1.00 bits per heavy atom. The van der Waals surface area contributed by atoms with Crippen molar-refractivity contribution >= 4 is 5.78 Å². The molecule has 2 heteroatoms. The third-order valence-electron chi connectivity index (χ3n) is 4.69. The van der Waals surface area contributed by atoms with E-state index in [9.17, 15) is 9.90 Å². The second-order valence-electron chi connectivity index (χ2n) is 6.34. The molecule has 0 unspecified atom stereocenters. The molecule has 0 heterocycles. The van der Waals surface area contributed by atoms with Gasteiger partial charge in [0.05, 0.1) is 11.5 Å². The summed E-state index contributed by atoms with van der Waals surface area (Å²) in [6.45, 7) is 5.87. The number of hydrogen-bond donors (Lipinski definition) is 1. The van der Waals surface area contributed by atoms with E-state index in [4.69, 9.17) is 0 Å². The van der Waals surface area contributed by atoms with Crippen LogP contribution in [0.4, 0.5) is 0 Å². The van der Waals surface area contributed by atoms with E-state index in [1.54, 1.807) is 0 Å². The number of rotatable bonds is 6. The number of ketones is 1. The van der Waals surface area contributed by atoms with Gasteiger partial charge in [0.1, 0.15) is 5.78 Å². The third kappa shape index (κ3) is 3.28. The highest BCUT2D eigenvalue weighted by atomic mass is 16.3. The Bertz CT molecular complexity index is 604. The summed E-state index contributed by atoms with van der Waals surface area (Å²) in [5.41, 5.74) is 0.969. The SMILES string of the molecule is CC(C)[C@@](C)(C(=O)Cc1ccccc1)[C@H](O)c1ccccc1. The Morgan fingerprint density at radius 2 is 1.50 bits per heavy atom. The Hall–Kier alpha value is -1.93. The fourth-order valence-electron chi connectivity index (χ4n) is 2.74. The molecular formula is C20H24O2. The first-order valence-electron chi connectivity index (χ1n) is 7.76. The van der Waals surface area contributed by atoms with Gasteiger partial charge in [-0.05, 0) is 24.0 Å². The maximum atomic E-state index is 12.9. The molecule has 2 aromatic rings. The molecule has 0 fully saturated rings. The maximum absolute atomic E-state index is 12.9. The van der Waals surface area contributed by atoms with Crippen LogP contribution in [0.5, 0.6) is 0 Å². The highest BCUT2D eigenvalue weighted by molar-refractivity contribution is 5.87. The second kappa shape index (κ2) is 6.89. The van der Waals surface area contributed by atoms with E-state index in [1.807, 2.05) is 81.4 Å². The average molecular weight is 296 g/mol. The zero-order valence-electron chi connectivity index (χ0n) is 13.5. The van der Waals surface area contributed by atoms with E-state index in [-0.39, 0.29) is 11.7 Å². The van der Waals surface area contributed by atoms with Gasteiger partial charge in [0.15, 0.2) is 0 Å². The Kier molecular flexibility index (Phi) is 5.15. The Balaban J connectivity index is 2.29. The summed E-state index contributed by atoms with van der Waals surface area (Å²) in [7, 11) is 0. The largest absolute Gasteiger partial charge is 0.387 e. The molecule has 0 amide bonds. The zero-order chi connectivity index (χ0) is 16.2. The molecule has 2 rings (SSSR count). The smallest absolute Gasteiger partial charge is 0.146 e. The zero-order valence-corrected chi connectivity index (χ0v) is 13.5. The number of Topliss-reactive ketones (excluding diaryl/α,β-unsaturated/α-hetero) is 1. The molecule has 0 saturated heterocycles. The first-order valence-corrected chi connectivity index (χ1v) is 7.76. The number of aliphatic hydroxyl groups excluding tert-OH is 1. The number of aliphatic hydroxyl groups is 1. The molecule has 2 aromatic carbocycles. The predicted molar refractivity (Wildman–Crippen MR) is 89.5 cm³/mol. The summed E-state index contributed by atoms with van der Waals surface area (Å²) in [5.74, 6) is 0.115. The highest BCUT2D eigenvalue weighted by Crippen LogP contribution is 2.41. The lowest BCUT2D eigenvalue weighted by Crippen LogP contribution is -2.40. The van der Waals surface area contributed by atoms with Gasteiger partial charge in [-0.1, -0.05) is 74.5 Å². The van der Waals surface area contributed by atoms with Crippen LogP contribution in [0.3, 0.4) is 0 Å². The molecule has 0 aliphatic carbocycles. The maximum Gasteiger partial charge on any atom is 0.146 e. The van der Waals surface area contributed by atoms with Crippen LogP contribution in [0.25, 0.3) is 0 Å². The van der Waals surface area contributed by atoms with Crippen molar-refractivity contribution in [2.75, 3.05) is 0 Å². The lowest BCUT2D eigenvalue weighted by atomic mass is 9.68. The fraction of sp³-hybridized carbons (Fsp3) is 0.350. The molecule has 0 aliphatic rings. The summed E-state index contributed by atoms with van der Waals surface area (Å²) in [6, 6.07) is 19.2. The van der Waals surface area contributed by atoms with E-state index < -0.39 is 11.5 Å². The minimum Gasteiger partial charge on any atom is -0.387 e. The molecule has 1 N–H and O–H groups in total. The standard InChI is InChI=1S/C20H24O2/c1-15(2)20(3,19(22)17-12-8-5-9-13-17)18(21)14-16-10-6-4-7-11-16/h4-13,15,19,22H,14H2,1-3H3/t19-,20+/m1/s1. The molecule has 0 aromatic heterocycles. The summed E-state index contributed by atoms with van der Waals surface area (Å²) in [4.78, 5) is 12.9. The fourth-order valence-corrected chi connectivity index (χ4v) is 2.74. The monoisotopic (exact) mass is 296 g/mol. The average Bonchev–Trinajstić information content (AvgIpc) is 2.54. The minimum atomic E-state index is -0.808. The second-order valence-corrected chi connectivity index (χ2v) is 6.34. The topological polar surface area (TPSA) is 37.3 Å². The van der Waals surface area contributed by atoms with Crippen molar-refractivity contribution in [3.63, 3.8) is 0 Å². The molecule has 2 nitrogen and oxygen atoms in total. The number of carbonyl (C=O) groups excluding carboxylic acids is 1. The van der Waals surface area contributed by atoms with Gasteiger partial charge in [-0.25, -0.2) is 0 Å². The van der Waals surface area contributed by atoms with Gasteiger partial charge in [0.25, 0.3) is 0 Å². The summed E-state index contributed by atoms with van der Waals surface area (Å²) in [6.07, 6.45) is -0.454. The number of benzene rings is 2. The van der Waals surface area contributed by atoms with E-state index >= 15 is 0 Å². The van der Waals surface area contributed by atoms with Gasteiger partial charge in [-0.3, -0.25) is 4.79 Å². The van der Waals surface area contributed by atoms with Crippen LogP contribution < -0.4 is 0 Å². The van der Waals surface area contributed by atoms with E-state index in [1.165, 1.54) is 0 Å². The van der Waals surface area contributed by atoms with Gasteiger partial charge in [-0.15, -0.1) is 0 Å². The van der Waals surface area contributed by atoms with Crippen molar-refractivity contribution in [1.82, 2.24) is 0 Å². The van der Waals surface area contributed by atoms with Gasteiger partial charge in [0, 0.05) is 6.42 Å². The van der Waals surface area contributed by atoms with E-state index in [2.05, 4.69) is 0 Å². The quantitative estimate of drug-likeness (QED) is 0.867. The van der Waals surface area contributed by atoms with E-state index in [0.717, 1.165) is 11.1 Å². The molecular weight excluding hydrogens is 272 g/mol. The molecule has 0 bridgehead atoms. The highest BCUT2D eigenvalue weighted by Gasteiger charge is 2.43. The van der Waals surface area contributed by atoms with Crippen LogP contribution >= 0.6 is 0 Å². The molecule has 2 atom stereocenters. The predicted octanol–water partition coefficient (Wildman–Crippen LogP) is 4.19. The number of carbonyl (C=O) groups is 1. The molecule has 22 heavy (non-hydrogen) atoms. The summed E-state index contributed by atoms with van der Waals surface area (Å²) < 4.78 is 0. The van der Waals surface area contributed by atoms with Crippen molar-refractivity contribution in [3.05, 3.63) is 71.8 Å². The Morgan fingerprint density at radius 3 is 2.00 bits per heavy atom. The lowest BCUT2D eigenvalue weighted by molar-refractivity contribution is -0.138. The van der Waals surface area contributed by atoms with E-state index in [0.29, 0.717) is 6.42 Å². The Labute approximate surface area is 132 Å². The van der Waals surface area contributed by atoms with Crippen LogP contribution in [-0.4, -0.2) is 10.9 Å². The van der Waals surface area contributed by atoms with Gasteiger partial charge in [-0.2, -0.15) is 0 Å². The first-order chi connectivity index (χ1) is 10.5. The van der Waals surface area contributed by atoms with Crippen LogP contribution in [0.15, 0.2) is 60.7 Å². The number of hydrogen-bond acceptors (Lipinski definition) is 2. The van der Waals surface area contributed by atoms with Crippen LogP contribution in [0, 0.1) is 11.3 Å². The van der Waals surface area contributed by atoms with Crippen molar-refractivity contribution in [3.8, 4) is 0 Å². The molecule has 116 valence electrons. The van der Waals surface area contributed by atoms with Crippen LogP contribution in [0.1, 0.15) is 38.0 Å². The lowest BCUT2D eigenvalue weighted by Gasteiger charge is -2.37. The van der Waals surface area contributed by atoms with Crippen molar-refractivity contribution in [2.24, 2.45) is 11.3 Å². The molecule has 0 spiro atoms. The summed E-state index contributed by atoms with van der Waals surface area (Å²) >= 11 is 0. The third-order valence-corrected chi connectivity index (χ3v) is 4.69. The first kappa shape index (κ1) is 16.4. The molecule has 0 radical (unpaired) electrons. The van der Waals surface area contributed by atoms with Crippen LogP contribution in [0.2, 0.25) is 0 Å². The minimum absolute atomic E-state index is 0.0407. The molecule has 0 saturated carbocycles. The van der Waals surface area contributed by atoms with Crippen LogP contribution in [-0.2, 0) is 11.2 Å². The van der Waals surface area contributed by atoms with Crippen molar-refractivity contribution in [1.29, 1.82) is 0 Å². The normalized spacial score (nSPS) is 15.3. The molecule has 0 aliphatic heterocycles. The van der Waals surface area contributed by atoms with Gasteiger partial charge in [0.2, 0.25) is 0 Å². The van der Waals surface area contributed by atoms with Gasteiger partial charge >= 0.3 is 0 Å². The summed E-state index contributed by atoms with van der Waals surface area (Å²) in [5, 5.41) is 10.8.